The van der Waals surface area contributed by atoms with Crippen molar-refractivity contribution in [1.29, 1.82) is 5.26 Å². The largest absolute Gasteiger partial charge is 0.361 e. The number of nitrogens with zero attached hydrogens (tertiary/aromatic N) is 4. The van der Waals surface area contributed by atoms with Gasteiger partial charge in [-0.15, -0.1) is 0 Å². The van der Waals surface area contributed by atoms with E-state index < -0.39 is 0 Å². The fraction of sp³-hybridized carbons (Fsp3) is 0.273. The maximum atomic E-state index is 9.14. The zero-order valence-electron chi connectivity index (χ0n) is 15.9. The Morgan fingerprint density at radius 1 is 1.14 bits per heavy atom. The van der Waals surface area contributed by atoms with E-state index in [2.05, 4.69) is 26.3 Å². The number of nitriles is 1. The maximum Gasteiger partial charge on any atom is 0.223 e. The third-order valence-electron chi connectivity index (χ3n) is 5.72. The van der Waals surface area contributed by atoms with E-state index in [9.17, 15) is 0 Å². The molecule has 4 N–H and O–H groups in total. The van der Waals surface area contributed by atoms with Crippen molar-refractivity contribution in [2.45, 2.75) is 37.8 Å². The third kappa shape index (κ3) is 3.18. The Morgan fingerprint density at radius 2 is 2.03 bits per heavy atom. The Bertz CT molecular complexity index is 1240. The Hall–Kier alpha value is -3.50. The molecule has 7 heteroatoms. The fourth-order valence-corrected chi connectivity index (χ4v) is 4.14. The molecule has 7 nitrogen and oxygen atoms in total. The minimum absolute atomic E-state index is 0.128. The minimum atomic E-state index is 0.128. The number of anilines is 1. The summed E-state index contributed by atoms with van der Waals surface area (Å²) in [5.41, 5.74) is 10.6. The molecule has 0 aliphatic heterocycles. The Morgan fingerprint density at radius 3 is 2.90 bits per heavy atom. The average molecular weight is 383 g/mol. The number of hydrogen-bond acceptors (Lipinski definition) is 6. The van der Waals surface area contributed by atoms with Gasteiger partial charge < -0.3 is 16.0 Å². The van der Waals surface area contributed by atoms with Crippen LogP contribution in [0.15, 0.2) is 43.0 Å². The zero-order chi connectivity index (χ0) is 19.8. The number of hydrogen-bond donors (Lipinski definition) is 3. The number of pyridine rings is 1. The van der Waals surface area contributed by atoms with Crippen LogP contribution in [-0.2, 0) is 0 Å². The molecule has 1 fully saturated rings. The molecule has 4 aromatic rings. The summed E-state index contributed by atoms with van der Waals surface area (Å²) in [6.07, 6.45) is 11.8. The van der Waals surface area contributed by atoms with Crippen molar-refractivity contribution in [3.63, 3.8) is 0 Å². The highest BCUT2D eigenvalue weighted by molar-refractivity contribution is 6.03. The summed E-state index contributed by atoms with van der Waals surface area (Å²) in [4.78, 5) is 16.9. The van der Waals surface area contributed by atoms with Crippen molar-refractivity contribution in [3.05, 3.63) is 48.5 Å². The lowest BCUT2D eigenvalue weighted by atomic mass is 9.91. The van der Waals surface area contributed by atoms with Crippen LogP contribution in [0.1, 0.15) is 31.2 Å². The number of nitrogens with two attached hydrogens (primary N) is 1. The molecule has 1 aliphatic rings. The summed E-state index contributed by atoms with van der Waals surface area (Å²) in [5.74, 6) is 0.596. The molecule has 1 saturated carbocycles. The Kier molecular flexibility index (Phi) is 4.34. The number of aromatic amines is 1. The van der Waals surface area contributed by atoms with Crippen LogP contribution in [0.4, 0.5) is 5.95 Å². The quantitative estimate of drug-likeness (QED) is 0.496. The van der Waals surface area contributed by atoms with Gasteiger partial charge in [0.25, 0.3) is 0 Å². The van der Waals surface area contributed by atoms with Gasteiger partial charge in [-0.3, -0.25) is 4.98 Å². The average Bonchev–Trinajstić information content (AvgIpc) is 3.18. The molecule has 1 aliphatic carbocycles. The molecule has 0 radical (unpaired) electrons. The highest BCUT2D eigenvalue weighted by Gasteiger charge is 2.22. The number of H-pyrrole nitrogens is 1. The van der Waals surface area contributed by atoms with Crippen molar-refractivity contribution < 1.29 is 0 Å². The van der Waals surface area contributed by atoms with E-state index in [0.29, 0.717) is 11.5 Å². The monoisotopic (exact) mass is 383 g/mol. The SMILES string of the molecule is N#Cc1ccc2c(-c3cncc4cnc(N[C@H]5CCCC[C@H]5N)nc34)c[nH]c2c1. The molecule has 3 heterocycles. The second-order valence-electron chi connectivity index (χ2n) is 7.59. The molecule has 0 amide bonds. The first-order valence-electron chi connectivity index (χ1n) is 9.87. The fourth-order valence-electron chi connectivity index (χ4n) is 4.14. The highest BCUT2D eigenvalue weighted by Crippen LogP contribution is 2.33. The summed E-state index contributed by atoms with van der Waals surface area (Å²) in [6, 6.07) is 8.14. The summed E-state index contributed by atoms with van der Waals surface area (Å²) < 4.78 is 0. The first-order chi connectivity index (χ1) is 14.2. The van der Waals surface area contributed by atoms with Crippen molar-refractivity contribution in [3.8, 4) is 17.2 Å². The first kappa shape index (κ1) is 17.6. The number of fused-ring (bicyclic) bond motifs is 2. The van der Waals surface area contributed by atoms with Crippen LogP contribution >= 0.6 is 0 Å². The van der Waals surface area contributed by atoms with Crippen LogP contribution in [0, 0.1) is 11.3 Å². The van der Waals surface area contributed by atoms with Crippen LogP contribution < -0.4 is 11.1 Å². The van der Waals surface area contributed by atoms with Gasteiger partial charge in [0, 0.05) is 64.3 Å². The van der Waals surface area contributed by atoms with Gasteiger partial charge in [-0.2, -0.15) is 5.26 Å². The highest BCUT2D eigenvalue weighted by atomic mass is 15.1. The van der Waals surface area contributed by atoms with E-state index in [0.717, 1.165) is 45.8 Å². The van der Waals surface area contributed by atoms with Crippen molar-refractivity contribution >= 4 is 27.8 Å². The number of nitrogens with one attached hydrogen (secondary N) is 2. The molecule has 3 aromatic heterocycles. The molecule has 0 unspecified atom stereocenters. The van der Waals surface area contributed by atoms with Crippen molar-refractivity contribution in [1.82, 2.24) is 19.9 Å². The van der Waals surface area contributed by atoms with E-state index in [1.165, 1.54) is 12.8 Å². The Balaban J connectivity index is 1.58. The van der Waals surface area contributed by atoms with Gasteiger partial charge in [-0.25, -0.2) is 9.97 Å². The molecule has 29 heavy (non-hydrogen) atoms. The number of rotatable bonds is 3. The minimum Gasteiger partial charge on any atom is -0.361 e. The number of benzene rings is 1. The zero-order valence-corrected chi connectivity index (χ0v) is 15.9. The maximum absolute atomic E-state index is 9.14. The molecule has 1 aromatic carbocycles. The van der Waals surface area contributed by atoms with Crippen LogP contribution in [-0.4, -0.2) is 32.0 Å². The van der Waals surface area contributed by atoms with Gasteiger partial charge in [0.15, 0.2) is 0 Å². The molecule has 0 spiro atoms. The second-order valence-corrected chi connectivity index (χ2v) is 7.59. The van der Waals surface area contributed by atoms with Gasteiger partial charge in [0.2, 0.25) is 5.95 Å². The van der Waals surface area contributed by atoms with E-state index >= 15 is 0 Å². The Labute approximate surface area is 168 Å². The van der Waals surface area contributed by atoms with Crippen LogP contribution in [0.3, 0.4) is 0 Å². The van der Waals surface area contributed by atoms with Gasteiger partial charge in [-0.1, -0.05) is 18.9 Å². The standard InChI is InChI=1S/C22H21N7/c23-8-13-5-6-15-16(12-26-20(15)7-13)17-11-25-9-14-10-27-22(29-21(14)17)28-19-4-2-1-3-18(19)24/h5-7,9-12,18-19,26H,1-4,24H2,(H,27,28,29)/t18-,19+/m1/s1. The van der Waals surface area contributed by atoms with Gasteiger partial charge in [0.1, 0.15) is 0 Å². The second kappa shape index (κ2) is 7.15. The predicted molar refractivity (Wildman–Crippen MR) is 113 cm³/mol. The molecule has 0 bridgehead atoms. The predicted octanol–water partition coefficient (Wildman–Crippen LogP) is 3.73. The van der Waals surface area contributed by atoms with E-state index in [4.69, 9.17) is 16.0 Å². The van der Waals surface area contributed by atoms with Crippen molar-refractivity contribution in [2.75, 3.05) is 5.32 Å². The molecule has 5 rings (SSSR count). The lowest BCUT2D eigenvalue weighted by Gasteiger charge is -2.29. The van der Waals surface area contributed by atoms with E-state index in [1.807, 2.05) is 30.6 Å². The summed E-state index contributed by atoms with van der Waals surface area (Å²) in [6.45, 7) is 0. The van der Waals surface area contributed by atoms with Crippen LogP contribution in [0.2, 0.25) is 0 Å². The molecule has 0 saturated heterocycles. The summed E-state index contributed by atoms with van der Waals surface area (Å²) in [7, 11) is 0. The molecular formula is C22H21N7. The van der Waals surface area contributed by atoms with Crippen LogP contribution in [0.25, 0.3) is 32.9 Å². The molecule has 144 valence electrons. The smallest absolute Gasteiger partial charge is 0.223 e. The van der Waals surface area contributed by atoms with E-state index in [-0.39, 0.29) is 12.1 Å². The van der Waals surface area contributed by atoms with Gasteiger partial charge >= 0.3 is 0 Å². The molecular weight excluding hydrogens is 362 g/mol. The normalized spacial score (nSPS) is 19.3. The summed E-state index contributed by atoms with van der Waals surface area (Å²) >= 11 is 0. The van der Waals surface area contributed by atoms with E-state index in [1.54, 1.807) is 12.4 Å². The lowest BCUT2D eigenvalue weighted by molar-refractivity contribution is 0.402. The topological polar surface area (TPSA) is 116 Å². The van der Waals surface area contributed by atoms with Gasteiger partial charge in [0.05, 0.1) is 17.1 Å². The molecule has 2 atom stereocenters. The summed E-state index contributed by atoms with van der Waals surface area (Å²) in [5, 5.41) is 14.5. The first-order valence-corrected chi connectivity index (χ1v) is 9.87. The van der Waals surface area contributed by atoms with Gasteiger partial charge in [-0.05, 0) is 25.0 Å². The lowest BCUT2D eigenvalue weighted by Crippen LogP contribution is -2.42. The van der Waals surface area contributed by atoms with Crippen LogP contribution in [0.5, 0.6) is 0 Å². The number of aromatic nitrogens is 4. The van der Waals surface area contributed by atoms with Crippen molar-refractivity contribution in [2.24, 2.45) is 5.73 Å². The third-order valence-corrected chi connectivity index (χ3v) is 5.72.